The molecular formula is Cl2NNaO2Sn. The van der Waals surface area contributed by atoms with Crippen molar-refractivity contribution in [2.75, 3.05) is 0 Å². The molecule has 0 unspecified atom stereocenters. The molecule has 0 saturated carbocycles. The zero-order chi connectivity index (χ0) is 4.99. The van der Waals surface area contributed by atoms with Gasteiger partial charge in [0, 0.05) is 29.6 Å². The predicted octanol–water partition coefficient (Wildman–Crippen LogP) is 0.766. The van der Waals surface area contributed by atoms with E-state index < -0.39 is 17.9 Å². The maximum absolute atomic E-state index is 9.02. The molecule has 2 radical (unpaired) electrons. The molecule has 0 aromatic rings. The van der Waals surface area contributed by atoms with Gasteiger partial charge in [-0.05, 0) is 0 Å². The van der Waals surface area contributed by atoms with Gasteiger partial charge in [0.2, 0.25) is 0 Å². The molecule has 0 spiro atoms. The Morgan fingerprint density at radius 3 is 2.00 bits per heavy atom. The standard InChI is InChI=1S/2ClH.HNO2.Na.Sn/c;;2-1-3;;/h2*1H;(H,2,3);;/q;;;;+3/p-3. The minimum atomic E-state index is -2.65. The molecule has 0 atom stereocenters. The number of nitrogens with zero attached hydrogens (tertiary/aromatic N) is 1. The van der Waals surface area contributed by atoms with Gasteiger partial charge in [0.25, 0.3) is 0 Å². The van der Waals surface area contributed by atoms with Gasteiger partial charge in [-0.3, -0.25) is 0 Å². The molecule has 0 N–H and O–H groups in total. The zero-order valence-electron chi connectivity index (χ0n) is 3.52. The first kappa shape index (κ1) is 11.6. The molecule has 0 aromatic carbocycles. The average Bonchev–Trinajstić information content (AvgIpc) is 1.35. The Kier molecular flexibility index (Phi) is 12.8. The molecule has 0 aliphatic carbocycles. The summed E-state index contributed by atoms with van der Waals surface area (Å²) in [7, 11) is 10.0. The first-order chi connectivity index (χ1) is 2.77. The Morgan fingerprint density at radius 1 is 1.57 bits per heavy atom. The Labute approximate surface area is 77.6 Å². The number of hydrogen-bond donors (Lipinski definition) is 0. The van der Waals surface area contributed by atoms with Crippen molar-refractivity contribution in [3.8, 4) is 0 Å². The fraction of sp³-hybridized carbons (Fsp3) is 0. The zero-order valence-corrected chi connectivity index (χ0v) is 9.89. The van der Waals surface area contributed by atoms with Crippen molar-refractivity contribution in [2.24, 2.45) is 5.34 Å². The second-order valence-corrected chi connectivity index (χ2v) is 8.10. The van der Waals surface area contributed by atoms with E-state index in [-0.39, 0.29) is 29.6 Å². The van der Waals surface area contributed by atoms with E-state index >= 15 is 0 Å². The van der Waals surface area contributed by atoms with Crippen molar-refractivity contribution in [2.45, 2.75) is 0 Å². The van der Waals surface area contributed by atoms with Crippen LogP contribution in [0.3, 0.4) is 0 Å². The maximum Gasteiger partial charge on any atom is 0 e. The summed E-state index contributed by atoms with van der Waals surface area (Å²) in [6.45, 7) is 0. The van der Waals surface area contributed by atoms with Crippen LogP contribution < -0.4 is 0 Å². The molecule has 0 bridgehead atoms. The van der Waals surface area contributed by atoms with Gasteiger partial charge < -0.3 is 0 Å². The van der Waals surface area contributed by atoms with Crippen LogP contribution in [0.1, 0.15) is 0 Å². The molecule has 3 nitrogen and oxygen atoms in total. The summed E-state index contributed by atoms with van der Waals surface area (Å²) in [5.74, 6) is 0. The largest absolute Gasteiger partial charge is 0 e. The molecule has 0 rings (SSSR count). The van der Waals surface area contributed by atoms with Gasteiger partial charge in [0.15, 0.2) is 0 Å². The Bertz CT molecular complexity index is 51.0. The van der Waals surface area contributed by atoms with E-state index in [0.717, 1.165) is 0 Å². The summed E-state index contributed by atoms with van der Waals surface area (Å²) in [4.78, 5) is 9.02. The molecule has 0 fully saturated rings. The molecular weight excluding hydrogens is 259 g/mol. The molecule has 0 heterocycles. The molecule has 0 amide bonds. The average molecular weight is 259 g/mol. The van der Waals surface area contributed by atoms with Crippen LogP contribution in [0, 0.1) is 4.91 Å². The van der Waals surface area contributed by atoms with E-state index in [1.807, 2.05) is 5.34 Å². The molecule has 0 aliphatic rings. The van der Waals surface area contributed by atoms with Crippen LogP contribution in [0.4, 0.5) is 0 Å². The minimum Gasteiger partial charge on any atom is 0 e. The number of halogens is 2. The second-order valence-electron chi connectivity index (χ2n) is 0.392. The van der Waals surface area contributed by atoms with Crippen LogP contribution in [0.5, 0.6) is 0 Å². The van der Waals surface area contributed by atoms with Gasteiger partial charge in [0.05, 0.1) is 0 Å². The summed E-state index contributed by atoms with van der Waals surface area (Å²) in [5.41, 5.74) is 0. The van der Waals surface area contributed by atoms with E-state index in [2.05, 4.69) is 3.17 Å². The van der Waals surface area contributed by atoms with Crippen LogP contribution in [-0.4, -0.2) is 47.5 Å². The first-order valence-electron chi connectivity index (χ1n) is 0.947. The van der Waals surface area contributed by atoms with E-state index in [4.69, 9.17) is 22.7 Å². The van der Waals surface area contributed by atoms with Gasteiger partial charge in [-0.1, -0.05) is 0 Å². The summed E-state index contributed by atoms with van der Waals surface area (Å²) in [6, 6.07) is 0. The summed E-state index contributed by atoms with van der Waals surface area (Å²) < 4.78 is 3.84. The predicted molar refractivity (Wildman–Crippen MR) is 30.1 cm³/mol. The molecule has 7 heavy (non-hydrogen) atoms. The molecule has 0 aromatic heterocycles. The van der Waals surface area contributed by atoms with E-state index in [1.165, 1.54) is 0 Å². The second kappa shape index (κ2) is 7.78. The SMILES string of the molecule is O=N[O][Sn]([Cl])[Cl].[Na]. The van der Waals surface area contributed by atoms with Crippen molar-refractivity contribution < 1.29 is 3.17 Å². The first-order valence-corrected chi connectivity index (χ1v) is 9.34. The molecule has 7 heteroatoms. The van der Waals surface area contributed by atoms with Crippen molar-refractivity contribution >= 4 is 65.3 Å². The maximum atomic E-state index is 9.02. The van der Waals surface area contributed by atoms with Crippen LogP contribution in [-0.2, 0) is 3.17 Å². The van der Waals surface area contributed by atoms with Gasteiger partial charge in [-0.15, -0.1) is 0 Å². The topological polar surface area (TPSA) is 38.7 Å². The summed E-state index contributed by atoms with van der Waals surface area (Å²) in [6.07, 6.45) is 0. The van der Waals surface area contributed by atoms with Crippen LogP contribution >= 0.6 is 17.8 Å². The Balaban J connectivity index is 0. The quantitative estimate of drug-likeness (QED) is 0.417. The summed E-state index contributed by atoms with van der Waals surface area (Å²) >= 11 is -2.65. The van der Waals surface area contributed by atoms with Gasteiger partial charge >= 0.3 is 49.2 Å². The fourth-order valence-corrected chi connectivity index (χ4v) is 0.567. The third-order valence-corrected chi connectivity index (χ3v) is 1.64. The summed E-state index contributed by atoms with van der Waals surface area (Å²) in [5, 5.41) is 2.01. The van der Waals surface area contributed by atoms with Crippen LogP contribution in [0.25, 0.3) is 0 Å². The van der Waals surface area contributed by atoms with Gasteiger partial charge in [-0.25, -0.2) is 0 Å². The smallest absolute Gasteiger partial charge is 0 e. The number of rotatable bonds is 2. The number of hydrogen-bond acceptors (Lipinski definition) is 3. The van der Waals surface area contributed by atoms with Gasteiger partial charge in [0.1, 0.15) is 0 Å². The minimum absolute atomic E-state index is 0. The fourth-order valence-electron chi connectivity index (χ4n) is 0.0282. The van der Waals surface area contributed by atoms with E-state index in [1.54, 1.807) is 0 Å². The van der Waals surface area contributed by atoms with Crippen LogP contribution in [0.2, 0.25) is 0 Å². The molecule has 0 aliphatic heterocycles. The Morgan fingerprint density at radius 2 is 2.00 bits per heavy atom. The third kappa shape index (κ3) is 11.4. The molecule has 36 valence electrons. The van der Waals surface area contributed by atoms with Gasteiger partial charge in [-0.2, -0.15) is 0 Å². The van der Waals surface area contributed by atoms with Crippen molar-refractivity contribution in [1.82, 2.24) is 0 Å². The molecule has 0 saturated heterocycles. The monoisotopic (exact) mass is 259 g/mol. The van der Waals surface area contributed by atoms with Crippen molar-refractivity contribution in [1.29, 1.82) is 0 Å². The third-order valence-electron chi connectivity index (χ3n) is 0.106. The van der Waals surface area contributed by atoms with E-state index in [0.29, 0.717) is 0 Å². The Hall–Kier alpha value is 1.78. The van der Waals surface area contributed by atoms with Crippen molar-refractivity contribution in [3.63, 3.8) is 0 Å². The van der Waals surface area contributed by atoms with Crippen LogP contribution in [0.15, 0.2) is 5.34 Å². The normalized spacial score (nSPS) is 7.29. The van der Waals surface area contributed by atoms with E-state index in [9.17, 15) is 0 Å². The van der Waals surface area contributed by atoms with Crippen molar-refractivity contribution in [3.05, 3.63) is 4.91 Å².